The standard InChI is InChI=1S/C11H15ClO2S/c1-2-8-7-11(13,4-5-14-8)10-9(12)3-6-15-10/h3,6,8,13H,2,4-5,7H2,1H3. The van der Waals surface area contributed by atoms with Crippen LogP contribution >= 0.6 is 22.9 Å². The van der Waals surface area contributed by atoms with Gasteiger partial charge in [-0.05, 0) is 17.9 Å². The zero-order valence-corrected chi connectivity index (χ0v) is 10.3. The van der Waals surface area contributed by atoms with Crippen LogP contribution in [0.4, 0.5) is 0 Å². The van der Waals surface area contributed by atoms with Gasteiger partial charge in [-0.2, -0.15) is 0 Å². The Kier molecular flexibility index (Phi) is 3.36. The maximum atomic E-state index is 10.6. The molecule has 0 aliphatic carbocycles. The molecule has 1 fully saturated rings. The van der Waals surface area contributed by atoms with Crippen LogP contribution in [-0.4, -0.2) is 17.8 Å². The number of rotatable bonds is 2. The van der Waals surface area contributed by atoms with Crippen LogP contribution in [0.15, 0.2) is 11.4 Å². The van der Waals surface area contributed by atoms with Gasteiger partial charge < -0.3 is 9.84 Å². The molecule has 1 aliphatic rings. The van der Waals surface area contributed by atoms with E-state index in [0.717, 1.165) is 11.3 Å². The molecular weight excluding hydrogens is 232 g/mol. The lowest BCUT2D eigenvalue weighted by atomic mass is 9.88. The van der Waals surface area contributed by atoms with Gasteiger partial charge in [-0.15, -0.1) is 11.3 Å². The second-order valence-corrected chi connectivity index (χ2v) is 5.31. The summed E-state index contributed by atoms with van der Waals surface area (Å²) >= 11 is 7.59. The zero-order valence-electron chi connectivity index (χ0n) is 8.70. The summed E-state index contributed by atoms with van der Waals surface area (Å²) in [5.41, 5.74) is -0.774. The van der Waals surface area contributed by atoms with Crippen LogP contribution < -0.4 is 0 Å². The molecule has 0 radical (unpaired) electrons. The third-order valence-electron chi connectivity index (χ3n) is 2.93. The van der Waals surface area contributed by atoms with Crippen LogP contribution in [0.25, 0.3) is 0 Å². The van der Waals surface area contributed by atoms with Crippen molar-refractivity contribution in [3.05, 3.63) is 21.3 Å². The second kappa shape index (κ2) is 4.42. The Bertz CT molecular complexity index is 339. The first-order valence-electron chi connectivity index (χ1n) is 5.23. The van der Waals surface area contributed by atoms with Crippen molar-refractivity contribution in [2.24, 2.45) is 0 Å². The Morgan fingerprint density at radius 1 is 1.73 bits per heavy atom. The van der Waals surface area contributed by atoms with Gasteiger partial charge in [0.05, 0.1) is 22.6 Å². The summed E-state index contributed by atoms with van der Waals surface area (Å²) in [5, 5.41) is 13.2. The smallest absolute Gasteiger partial charge is 0.105 e. The Morgan fingerprint density at radius 2 is 2.53 bits per heavy atom. The van der Waals surface area contributed by atoms with E-state index >= 15 is 0 Å². The predicted molar refractivity (Wildman–Crippen MR) is 62.5 cm³/mol. The van der Waals surface area contributed by atoms with Gasteiger partial charge in [-0.25, -0.2) is 0 Å². The summed E-state index contributed by atoms with van der Waals surface area (Å²) < 4.78 is 5.56. The molecule has 2 heterocycles. The summed E-state index contributed by atoms with van der Waals surface area (Å²) in [5.74, 6) is 0. The molecule has 0 amide bonds. The lowest BCUT2D eigenvalue weighted by molar-refractivity contribution is -0.106. The minimum absolute atomic E-state index is 0.155. The fourth-order valence-electron chi connectivity index (χ4n) is 2.03. The highest BCUT2D eigenvalue weighted by atomic mass is 35.5. The fraction of sp³-hybridized carbons (Fsp3) is 0.636. The summed E-state index contributed by atoms with van der Waals surface area (Å²) in [6.07, 6.45) is 2.39. The average molecular weight is 247 g/mol. The number of halogens is 1. The number of thiophene rings is 1. The van der Waals surface area contributed by atoms with E-state index < -0.39 is 5.60 Å². The molecule has 2 unspecified atom stereocenters. The van der Waals surface area contributed by atoms with Gasteiger partial charge in [0.1, 0.15) is 5.60 Å². The maximum absolute atomic E-state index is 10.6. The van der Waals surface area contributed by atoms with Crippen LogP contribution in [-0.2, 0) is 10.3 Å². The summed E-state index contributed by atoms with van der Waals surface area (Å²) in [4.78, 5) is 0.894. The van der Waals surface area contributed by atoms with Crippen molar-refractivity contribution < 1.29 is 9.84 Å². The second-order valence-electron chi connectivity index (χ2n) is 3.98. The minimum atomic E-state index is -0.774. The molecule has 0 bridgehead atoms. The van der Waals surface area contributed by atoms with E-state index in [4.69, 9.17) is 16.3 Å². The third kappa shape index (κ3) is 2.21. The van der Waals surface area contributed by atoms with E-state index in [9.17, 15) is 5.11 Å². The molecule has 2 rings (SSSR count). The Hall–Kier alpha value is -0.0900. The molecule has 2 atom stereocenters. The number of aliphatic hydroxyl groups is 1. The third-order valence-corrected chi connectivity index (χ3v) is 4.46. The zero-order chi connectivity index (χ0) is 10.9. The number of ether oxygens (including phenoxy) is 1. The highest BCUT2D eigenvalue weighted by molar-refractivity contribution is 7.10. The molecule has 0 saturated carbocycles. The molecule has 1 saturated heterocycles. The minimum Gasteiger partial charge on any atom is -0.384 e. The van der Waals surface area contributed by atoms with Gasteiger partial charge in [0.25, 0.3) is 0 Å². The van der Waals surface area contributed by atoms with Crippen LogP contribution in [0.2, 0.25) is 5.02 Å². The topological polar surface area (TPSA) is 29.5 Å². The molecule has 0 aromatic carbocycles. The number of hydrogen-bond acceptors (Lipinski definition) is 3. The molecular formula is C11H15ClO2S. The van der Waals surface area contributed by atoms with Gasteiger partial charge >= 0.3 is 0 Å². The van der Waals surface area contributed by atoms with Crippen molar-refractivity contribution in [2.45, 2.75) is 37.9 Å². The summed E-state index contributed by atoms with van der Waals surface area (Å²) in [6, 6.07) is 1.84. The first kappa shape index (κ1) is 11.4. The van der Waals surface area contributed by atoms with Crippen LogP contribution in [0.3, 0.4) is 0 Å². The highest BCUT2D eigenvalue weighted by Gasteiger charge is 2.38. The molecule has 1 aromatic heterocycles. The normalized spacial score (nSPS) is 31.8. The van der Waals surface area contributed by atoms with E-state index in [0.29, 0.717) is 24.5 Å². The average Bonchev–Trinajstić information content (AvgIpc) is 2.65. The molecule has 1 N–H and O–H groups in total. The molecule has 2 nitrogen and oxygen atoms in total. The van der Waals surface area contributed by atoms with E-state index in [1.165, 1.54) is 11.3 Å². The van der Waals surface area contributed by atoms with Crippen molar-refractivity contribution in [1.29, 1.82) is 0 Å². The van der Waals surface area contributed by atoms with Crippen molar-refractivity contribution in [3.63, 3.8) is 0 Å². The Labute approximate surface area is 98.8 Å². The van der Waals surface area contributed by atoms with Gasteiger partial charge in [0, 0.05) is 12.8 Å². The lowest BCUT2D eigenvalue weighted by Gasteiger charge is -2.36. The maximum Gasteiger partial charge on any atom is 0.105 e. The molecule has 84 valence electrons. The fourth-order valence-corrected chi connectivity index (χ4v) is 3.40. The van der Waals surface area contributed by atoms with Crippen molar-refractivity contribution in [2.75, 3.05) is 6.61 Å². The molecule has 1 aliphatic heterocycles. The van der Waals surface area contributed by atoms with Gasteiger partial charge in [0.2, 0.25) is 0 Å². The molecule has 0 spiro atoms. The lowest BCUT2D eigenvalue weighted by Crippen LogP contribution is -2.37. The van der Waals surface area contributed by atoms with E-state index in [1.807, 2.05) is 11.4 Å². The van der Waals surface area contributed by atoms with Crippen LogP contribution in [0.1, 0.15) is 31.1 Å². The highest BCUT2D eigenvalue weighted by Crippen LogP contribution is 2.41. The van der Waals surface area contributed by atoms with E-state index in [1.54, 1.807) is 0 Å². The Morgan fingerprint density at radius 3 is 3.13 bits per heavy atom. The molecule has 4 heteroatoms. The first-order chi connectivity index (χ1) is 7.15. The van der Waals surface area contributed by atoms with Gasteiger partial charge in [-0.1, -0.05) is 18.5 Å². The predicted octanol–water partition coefficient (Wildman–Crippen LogP) is 3.18. The van der Waals surface area contributed by atoms with Gasteiger partial charge in [0.15, 0.2) is 0 Å². The van der Waals surface area contributed by atoms with E-state index in [-0.39, 0.29) is 6.10 Å². The van der Waals surface area contributed by atoms with Crippen molar-refractivity contribution >= 4 is 22.9 Å². The Balaban J connectivity index is 2.22. The largest absolute Gasteiger partial charge is 0.384 e. The van der Waals surface area contributed by atoms with Crippen molar-refractivity contribution in [3.8, 4) is 0 Å². The summed E-state index contributed by atoms with van der Waals surface area (Å²) in [6.45, 7) is 2.69. The number of hydrogen-bond donors (Lipinski definition) is 1. The SMILES string of the molecule is CCC1CC(O)(c2sccc2Cl)CCO1. The van der Waals surface area contributed by atoms with E-state index in [2.05, 4.69) is 6.92 Å². The van der Waals surface area contributed by atoms with Crippen LogP contribution in [0, 0.1) is 0 Å². The summed E-state index contributed by atoms with van der Waals surface area (Å²) in [7, 11) is 0. The van der Waals surface area contributed by atoms with Gasteiger partial charge in [-0.3, -0.25) is 0 Å². The molecule has 15 heavy (non-hydrogen) atoms. The van der Waals surface area contributed by atoms with Crippen molar-refractivity contribution in [1.82, 2.24) is 0 Å². The quantitative estimate of drug-likeness (QED) is 0.869. The first-order valence-corrected chi connectivity index (χ1v) is 6.49. The molecule has 1 aromatic rings. The van der Waals surface area contributed by atoms with Crippen LogP contribution in [0.5, 0.6) is 0 Å². The monoisotopic (exact) mass is 246 g/mol.